The van der Waals surface area contributed by atoms with E-state index < -0.39 is 14.6 Å². The van der Waals surface area contributed by atoms with Crippen LogP contribution in [0.25, 0.3) is 5.70 Å². The van der Waals surface area contributed by atoms with Gasteiger partial charge in [0.2, 0.25) is 0 Å². The van der Waals surface area contributed by atoms with E-state index in [1.165, 1.54) is 0 Å². The summed E-state index contributed by atoms with van der Waals surface area (Å²) in [6.07, 6.45) is 3.76. The molecule has 0 spiro atoms. The Morgan fingerprint density at radius 1 is 1.23 bits per heavy atom. The number of aromatic nitrogens is 1. The molecule has 0 saturated heterocycles. The van der Waals surface area contributed by atoms with Crippen LogP contribution in [0.2, 0.25) is 13.1 Å². The quantitative estimate of drug-likeness (QED) is 0.677. The summed E-state index contributed by atoms with van der Waals surface area (Å²) in [4.78, 5) is 13.7. The maximum Gasteiger partial charge on any atom is 0.259 e. The second-order valence-corrected chi connectivity index (χ2v) is 12.0. The van der Waals surface area contributed by atoms with Crippen LogP contribution < -0.4 is 10.3 Å². The lowest BCUT2D eigenvalue weighted by Crippen LogP contribution is -2.35. The van der Waals surface area contributed by atoms with Crippen molar-refractivity contribution in [2.45, 2.75) is 65.3 Å². The van der Waals surface area contributed by atoms with E-state index in [0.29, 0.717) is 17.9 Å². The lowest BCUT2D eigenvalue weighted by Gasteiger charge is -2.32. The van der Waals surface area contributed by atoms with Crippen LogP contribution in [0.5, 0.6) is 5.75 Å². The first-order valence-corrected chi connectivity index (χ1v) is 13.0. The molecule has 6 heteroatoms. The summed E-state index contributed by atoms with van der Waals surface area (Å²) in [5, 5.41) is 9.35. The van der Waals surface area contributed by atoms with E-state index in [1.54, 1.807) is 22.8 Å². The van der Waals surface area contributed by atoms with Gasteiger partial charge in [0.15, 0.2) is 9.04 Å². The molecule has 0 unspecified atom stereocenters. The van der Waals surface area contributed by atoms with Crippen molar-refractivity contribution < 1.29 is 9.16 Å². The molecule has 0 saturated carbocycles. The van der Waals surface area contributed by atoms with Gasteiger partial charge in [0.1, 0.15) is 11.4 Å². The second-order valence-electron chi connectivity index (χ2n) is 9.56. The largest absolute Gasteiger partial charge is 0.483 e. The normalized spacial score (nSPS) is 15.2. The molecule has 0 atom stereocenters. The molecule has 0 fully saturated rings. The topological polar surface area (TPSA) is 64.2 Å². The number of ether oxygens (including phenoxy) is 1. The van der Waals surface area contributed by atoms with Crippen molar-refractivity contribution in [3.63, 3.8) is 0 Å². The van der Waals surface area contributed by atoms with E-state index in [2.05, 4.69) is 39.9 Å². The highest BCUT2D eigenvalue weighted by Gasteiger charge is 2.30. The van der Waals surface area contributed by atoms with Crippen LogP contribution in [0.15, 0.2) is 41.3 Å². The fraction of sp³-hybridized carbons (Fsp3) is 0.417. The third kappa shape index (κ3) is 4.42. The van der Waals surface area contributed by atoms with Crippen molar-refractivity contribution >= 4 is 14.7 Å². The van der Waals surface area contributed by atoms with Gasteiger partial charge in [-0.2, -0.15) is 5.26 Å². The Hall–Kier alpha value is -2.62. The minimum atomic E-state index is -1.21. The average Bonchev–Trinajstić information content (AvgIpc) is 2.63. The van der Waals surface area contributed by atoms with E-state index in [9.17, 15) is 10.1 Å². The number of nitrogens with zero attached hydrogens (tertiary/aromatic N) is 2. The van der Waals surface area contributed by atoms with Gasteiger partial charge in [-0.25, -0.2) is 0 Å². The first kappa shape index (κ1) is 22.1. The van der Waals surface area contributed by atoms with Crippen LogP contribution in [-0.4, -0.2) is 19.2 Å². The predicted molar refractivity (Wildman–Crippen MR) is 122 cm³/mol. The molecule has 1 aliphatic rings. The summed E-state index contributed by atoms with van der Waals surface area (Å²) in [5.74, 6) is 0.666. The Balaban J connectivity index is 2.24. The van der Waals surface area contributed by atoms with Crippen LogP contribution in [-0.2, 0) is 16.4 Å². The zero-order valence-electron chi connectivity index (χ0n) is 18.9. The van der Waals surface area contributed by atoms with E-state index in [4.69, 9.17) is 9.16 Å². The molecule has 158 valence electrons. The van der Waals surface area contributed by atoms with Gasteiger partial charge >= 0.3 is 0 Å². The summed E-state index contributed by atoms with van der Waals surface area (Å²) in [6.45, 7) is 14.8. The zero-order chi connectivity index (χ0) is 22.3. The Kier molecular flexibility index (Phi) is 5.81. The SMILES string of the molecule is C[SiH](C)OCc1ccn(C2=CC(C)(C)Oc3ccc(C#N)cc32)c(=O)c1C(C)(C)C. The van der Waals surface area contributed by atoms with Crippen molar-refractivity contribution in [1.82, 2.24) is 4.57 Å². The van der Waals surface area contributed by atoms with Crippen molar-refractivity contribution in [1.29, 1.82) is 5.26 Å². The van der Waals surface area contributed by atoms with E-state index in [-0.39, 0.29) is 11.0 Å². The van der Waals surface area contributed by atoms with Gasteiger partial charge < -0.3 is 9.16 Å². The lowest BCUT2D eigenvalue weighted by atomic mass is 9.84. The molecular formula is C24H30N2O3Si. The van der Waals surface area contributed by atoms with Crippen LogP contribution in [0.3, 0.4) is 0 Å². The molecule has 1 aromatic carbocycles. The third-order valence-electron chi connectivity index (χ3n) is 5.00. The fourth-order valence-electron chi connectivity index (χ4n) is 3.75. The first-order chi connectivity index (χ1) is 13.9. The van der Waals surface area contributed by atoms with E-state index in [1.807, 2.05) is 32.2 Å². The van der Waals surface area contributed by atoms with Crippen molar-refractivity contribution in [3.05, 3.63) is 69.1 Å². The molecule has 5 nitrogen and oxygen atoms in total. The number of fused-ring (bicyclic) bond motifs is 1. The van der Waals surface area contributed by atoms with Gasteiger partial charge in [0.25, 0.3) is 5.56 Å². The van der Waals surface area contributed by atoms with Crippen LogP contribution in [0, 0.1) is 11.3 Å². The molecule has 0 N–H and O–H groups in total. The lowest BCUT2D eigenvalue weighted by molar-refractivity contribution is 0.157. The van der Waals surface area contributed by atoms with Gasteiger partial charge in [-0.15, -0.1) is 0 Å². The Bertz CT molecular complexity index is 1100. The van der Waals surface area contributed by atoms with Gasteiger partial charge in [0.05, 0.1) is 23.9 Å². The van der Waals surface area contributed by atoms with E-state index in [0.717, 1.165) is 22.4 Å². The van der Waals surface area contributed by atoms with E-state index >= 15 is 0 Å². The Morgan fingerprint density at radius 3 is 2.53 bits per heavy atom. The Labute approximate surface area is 180 Å². The molecule has 1 aliphatic heterocycles. The van der Waals surface area contributed by atoms with Gasteiger partial charge in [-0.1, -0.05) is 20.8 Å². The van der Waals surface area contributed by atoms with Crippen LogP contribution >= 0.6 is 0 Å². The van der Waals surface area contributed by atoms with Crippen LogP contribution in [0.4, 0.5) is 0 Å². The maximum absolute atomic E-state index is 13.7. The summed E-state index contributed by atoms with van der Waals surface area (Å²) in [6, 6.07) is 9.47. The number of pyridine rings is 1. The number of nitriles is 1. The molecule has 2 heterocycles. The summed E-state index contributed by atoms with van der Waals surface area (Å²) < 4.78 is 13.7. The standard InChI is InChI=1S/C24H30N2O3Si/c1-23(2,3)21-17(15-28-30(6)7)10-11-26(22(21)27)19-13-24(4,5)29-20-9-8-16(14-25)12-18(19)20/h8-13,30H,15H2,1-7H3. The molecule has 0 bridgehead atoms. The van der Waals surface area contributed by atoms with Crippen molar-refractivity contribution in [3.8, 4) is 11.8 Å². The summed E-state index contributed by atoms with van der Waals surface area (Å²) in [5.41, 5.74) is 2.71. The highest BCUT2D eigenvalue weighted by Crippen LogP contribution is 2.37. The first-order valence-electron chi connectivity index (χ1n) is 10.3. The molecule has 0 radical (unpaired) electrons. The van der Waals surface area contributed by atoms with Crippen molar-refractivity contribution in [2.24, 2.45) is 0 Å². The Morgan fingerprint density at radius 2 is 1.93 bits per heavy atom. The number of benzene rings is 1. The molecule has 30 heavy (non-hydrogen) atoms. The molecule has 2 aromatic rings. The number of hydrogen-bond acceptors (Lipinski definition) is 4. The zero-order valence-corrected chi connectivity index (χ0v) is 20.0. The minimum Gasteiger partial charge on any atom is -0.483 e. The highest BCUT2D eigenvalue weighted by atomic mass is 28.3. The minimum absolute atomic E-state index is 0.0636. The van der Waals surface area contributed by atoms with Gasteiger partial charge in [0, 0.05) is 17.3 Å². The summed E-state index contributed by atoms with van der Waals surface area (Å²) >= 11 is 0. The molecular weight excluding hydrogens is 392 g/mol. The fourth-order valence-corrected chi connectivity index (χ4v) is 4.26. The highest BCUT2D eigenvalue weighted by molar-refractivity contribution is 6.48. The van der Waals surface area contributed by atoms with Gasteiger partial charge in [-0.05, 0) is 68.3 Å². The van der Waals surface area contributed by atoms with Gasteiger partial charge in [-0.3, -0.25) is 9.36 Å². The van der Waals surface area contributed by atoms with Crippen molar-refractivity contribution in [2.75, 3.05) is 0 Å². The monoisotopic (exact) mass is 422 g/mol. The smallest absolute Gasteiger partial charge is 0.259 e. The maximum atomic E-state index is 13.7. The summed E-state index contributed by atoms with van der Waals surface area (Å²) in [7, 11) is -1.21. The molecule has 0 amide bonds. The second kappa shape index (κ2) is 7.90. The molecule has 0 aliphatic carbocycles. The predicted octanol–water partition coefficient (Wildman–Crippen LogP) is 4.58. The number of hydrogen-bond donors (Lipinski definition) is 0. The number of rotatable bonds is 4. The molecule has 1 aromatic heterocycles. The average molecular weight is 423 g/mol. The van der Waals surface area contributed by atoms with Crippen LogP contribution in [0.1, 0.15) is 56.9 Å². The third-order valence-corrected chi connectivity index (χ3v) is 5.84. The molecule has 3 rings (SSSR count).